The lowest BCUT2D eigenvalue weighted by Gasteiger charge is -2.33. The summed E-state index contributed by atoms with van der Waals surface area (Å²) in [5.41, 5.74) is 2.16. The summed E-state index contributed by atoms with van der Waals surface area (Å²) in [6, 6.07) is 17.3. The number of hydrogen-bond acceptors (Lipinski definition) is 5. The molecule has 0 bridgehead atoms. The molecule has 4 rings (SSSR count). The topological polar surface area (TPSA) is 83.6 Å². The lowest BCUT2D eigenvalue weighted by Crippen LogP contribution is -2.40. The van der Waals surface area contributed by atoms with E-state index in [9.17, 15) is 9.59 Å². The normalized spacial score (nSPS) is 14.7. The van der Waals surface area contributed by atoms with Crippen molar-refractivity contribution < 1.29 is 14.3 Å². The predicted molar refractivity (Wildman–Crippen MR) is 138 cm³/mol. The van der Waals surface area contributed by atoms with Gasteiger partial charge in [0.1, 0.15) is 0 Å². The molecule has 7 nitrogen and oxygen atoms in total. The van der Waals surface area contributed by atoms with Crippen LogP contribution in [0.1, 0.15) is 24.5 Å². The highest BCUT2D eigenvalue weighted by atomic mass is 35.5. The van der Waals surface area contributed by atoms with Gasteiger partial charge in [-0.3, -0.25) is 15.1 Å². The van der Waals surface area contributed by atoms with Gasteiger partial charge in [0.25, 0.3) is 5.91 Å². The van der Waals surface area contributed by atoms with Gasteiger partial charge in [-0.2, -0.15) is 0 Å². The first-order valence-electron chi connectivity index (χ1n) is 11.4. The van der Waals surface area contributed by atoms with Crippen LogP contribution in [0.2, 0.25) is 10.0 Å². The fourth-order valence-electron chi connectivity index (χ4n) is 4.02. The fourth-order valence-corrected chi connectivity index (χ4v) is 4.34. The number of carbonyl (C=O) groups excluding carboxylic acids is 2. The largest absolute Gasteiger partial charge is 0.431 e. The van der Waals surface area contributed by atoms with E-state index < -0.39 is 18.1 Å². The molecule has 0 spiro atoms. The van der Waals surface area contributed by atoms with E-state index >= 15 is 0 Å². The molecule has 2 heterocycles. The van der Waals surface area contributed by atoms with Crippen LogP contribution in [-0.4, -0.2) is 36.6 Å². The number of amides is 2. The second-order valence-corrected chi connectivity index (χ2v) is 9.23. The van der Waals surface area contributed by atoms with Crippen LogP contribution in [0.3, 0.4) is 0 Å². The van der Waals surface area contributed by atoms with E-state index in [1.807, 2.05) is 12.1 Å². The number of pyridine rings is 1. The number of halogens is 2. The van der Waals surface area contributed by atoms with Gasteiger partial charge in [-0.15, -0.1) is 0 Å². The monoisotopic (exact) mass is 512 g/mol. The van der Waals surface area contributed by atoms with Crippen LogP contribution < -0.4 is 15.5 Å². The first-order chi connectivity index (χ1) is 17.0. The Bertz CT molecular complexity index is 1140. The molecule has 182 valence electrons. The van der Waals surface area contributed by atoms with Gasteiger partial charge >= 0.3 is 6.09 Å². The lowest BCUT2D eigenvalue weighted by atomic mass is 9.96. The summed E-state index contributed by atoms with van der Waals surface area (Å²) in [4.78, 5) is 32.1. The molecule has 9 heteroatoms. The molecular weight excluding hydrogens is 487 g/mol. The Morgan fingerprint density at radius 2 is 1.71 bits per heavy atom. The number of hydrogen-bond donors (Lipinski definition) is 2. The first-order valence-corrected chi connectivity index (χ1v) is 12.1. The average molecular weight is 513 g/mol. The SMILES string of the molecule is O=C(Nc1ccc(Cl)cc1)OC(C(=O)NCC1CCN(c2ccncc2)CC1)c1cccc(Cl)c1. The molecular formula is C26H26Cl2N4O3. The van der Waals surface area contributed by atoms with Crippen molar-refractivity contribution in [1.82, 2.24) is 10.3 Å². The maximum absolute atomic E-state index is 13.1. The van der Waals surface area contributed by atoms with Crippen molar-refractivity contribution in [3.8, 4) is 0 Å². The molecule has 3 aromatic rings. The number of carbonyl (C=O) groups is 2. The summed E-state index contributed by atoms with van der Waals surface area (Å²) in [6.07, 6.45) is 3.59. The van der Waals surface area contributed by atoms with Crippen LogP contribution in [-0.2, 0) is 9.53 Å². The Morgan fingerprint density at radius 3 is 2.40 bits per heavy atom. The molecule has 2 N–H and O–H groups in total. The highest BCUT2D eigenvalue weighted by Crippen LogP contribution is 2.25. The van der Waals surface area contributed by atoms with E-state index in [-0.39, 0.29) is 0 Å². The van der Waals surface area contributed by atoms with Crippen molar-refractivity contribution in [3.05, 3.63) is 88.7 Å². The van der Waals surface area contributed by atoms with E-state index in [1.165, 1.54) is 0 Å². The second kappa shape index (κ2) is 11.9. The number of aromatic nitrogens is 1. The number of benzene rings is 2. The summed E-state index contributed by atoms with van der Waals surface area (Å²) in [7, 11) is 0. The van der Waals surface area contributed by atoms with Gasteiger partial charge in [-0.05, 0) is 67.3 Å². The minimum Gasteiger partial charge on any atom is -0.431 e. The number of rotatable bonds is 7. The van der Waals surface area contributed by atoms with Crippen LogP contribution in [0.15, 0.2) is 73.1 Å². The Labute approximate surface area is 214 Å². The third kappa shape index (κ3) is 7.10. The van der Waals surface area contributed by atoms with Crippen molar-refractivity contribution in [2.24, 2.45) is 5.92 Å². The average Bonchev–Trinajstić information content (AvgIpc) is 2.88. The van der Waals surface area contributed by atoms with Gasteiger partial charge in [-0.25, -0.2) is 4.79 Å². The first kappa shape index (κ1) is 24.8. The van der Waals surface area contributed by atoms with Gasteiger partial charge in [0.05, 0.1) is 0 Å². The van der Waals surface area contributed by atoms with Gasteiger partial charge in [-0.1, -0.05) is 35.3 Å². The zero-order valence-corrected chi connectivity index (χ0v) is 20.5. The Kier molecular flexibility index (Phi) is 8.45. The van der Waals surface area contributed by atoms with Crippen LogP contribution in [0.4, 0.5) is 16.2 Å². The molecule has 1 fully saturated rings. The summed E-state index contributed by atoms with van der Waals surface area (Å²) >= 11 is 12.0. The van der Waals surface area contributed by atoms with Crippen LogP contribution in [0, 0.1) is 5.92 Å². The van der Waals surface area contributed by atoms with Gasteiger partial charge in [0.15, 0.2) is 0 Å². The molecule has 0 radical (unpaired) electrons. The minimum atomic E-state index is -1.14. The maximum atomic E-state index is 13.1. The van der Waals surface area contributed by atoms with Crippen molar-refractivity contribution in [2.75, 3.05) is 29.9 Å². The number of anilines is 2. The smallest absolute Gasteiger partial charge is 0.412 e. The van der Waals surface area contributed by atoms with E-state index in [0.29, 0.717) is 33.8 Å². The number of nitrogens with zero attached hydrogens (tertiary/aromatic N) is 2. The third-order valence-electron chi connectivity index (χ3n) is 5.91. The highest BCUT2D eigenvalue weighted by molar-refractivity contribution is 6.31. The third-order valence-corrected chi connectivity index (χ3v) is 6.40. The summed E-state index contributed by atoms with van der Waals surface area (Å²) in [5.74, 6) is -0.0602. The summed E-state index contributed by atoms with van der Waals surface area (Å²) in [6.45, 7) is 2.31. The molecule has 35 heavy (non-hydrogen) atoms. The number of nitrogens with one attached hydrogen (secondary N) is 2. The minimum absolute atomic E-state index is 0.333. The number of ether oxygens (including phenoxy) is 1. The van der Waals surface area contributed by atoms with E-state index in [0.717, 1.165) is 31.6 Å². The molecule has 0 aliphatic carbocycles. The fraction of sp³-hybridized carbons (Fsp3) is 0.269. The van der Waals surface area contributed by atoms with Crippen molar-refractivity contribution in [1.29, 1.82) is 0 Å². The molecule has 1 atom stereocenters. The van der Waals surface area contributed by atoms with Crippen molar-refractivity contribution >= 4 is 46.6 Å². The Hall–Kier alpha value is -3.29. The molecule has 1 aliphatic heterocycles. The van der Waals surface area contributed by atoms with Gasteiger partial charge in [0, 0.05) is 59.0 Å². The zero-order valence-electron chi connectivity index (χ0n) is 19.0. The van der Waals surface area contributed by atoms with E-state index in [1.54, 1.807) is 60.9 Å². The molecule has 2 aromatic carbocycles. The van der Waals surface area contributed by atoms with E-state index in [2.05, 4.69) is 20.5 Å². The molecule has 2 amide bonds. The Balaban J connectivity index is 1.35. The summed E-state index contributed by atoms with van der Waals surface area (Å²) in [5, 5.41) is 6.59. The van der Waals surface area contributed by atoms with Gasteiger partial charge in [0.2, 0.25) is 6.10 Å². The zero-order chi connectivity index (χ0) is 24.6. The molecule has 1 aliphatic rings. The van der Waals surface area contributed by atoms with Crippen LogP contribution in [0.5, 0.6) is 0 Å². The standard InChI is InChI=1S/C26H26Cl2N4O3/c27-20-4-6-22(7-5-20)31-26(34)35-24(19-2-1-3-21(28)16-19)25(33)30-17-18-10-14-32(15-11-18)23-8-12-29-13-9-23/h1-9,12-13,16,18,24H,10-11,14-15,17H2,(H,30,33)(H,31,34). The quantitative estimate of drug-likeness (QED) is 0.423. The number of piperidine rings is 1. The van der Waals surface area contributed by atoms with Crippen LogP contribution >= 0.6 is 23.2 Å². The van der Waals surface area contributed by atoms with E-state index in [4.69, 9.17) is 27.9 Å². The molecule has 1 saturated heterocycles. The summed E-state index contributed by atoms with van der Waals surface area (Å²) < 4.78 is 5.53. The second-order valence-electron chi connectivity index (χ2n) is 8.35. The Morgan fingerprint density at radius 1 is 1.00 bits per heavy atom. The van der Waals surface area contributed by atoms with Crippen LogP contribution in [0.25, 0.3) is 0 Å². The molecule has 0 saturated carbocycles. The lowest BCUT2D eigenvalue weighted by molar-refractivity contribution is -0.129. The molecule has 1 aromatic heterocycles. The maximum Gasteiger partial charge on any atom is 0.412 e. The predicted octanol–water partition coefficient (Wildman–Crippen LogP) is 5.71. The highest BCUT2D eigenvalue weighted by Gasteiger charge is 2.27. The van der Waals surface area contributed by atoms with Crippen molar-refractivity contribution in [3.63, 3.8) is 0 Å². The van der Waals surface area contributed by atoms with Crippen molar-refractivity contribution in [2.45, 2.75) is 18.9 Å². The van der Waals surface area contributed by atoms with Gasteiger partial charge < -0.3 is 15.0 Å². The molecule has 1 unspecified atom stereocenters.